The lowest BCUT2D eigenvalue weighted by atomic mass is 9.92. The molecule has 1 amide bonds. The Balaban J connectivity index is 2.06. The second-order valence-electron chi connectivity index (χ2n) is 4.28. The number of nitrogen functional groups attached to an aromatic ring is 1. The van der Waals surface area contributed by atoms with E-state index in [0.29, 0.717) is 22.7 Å². The number of nitrogens with one attached hydrogen (secondary N) is 2. The van der Waals surface area contributed by atoms with Crippen molar-refractivity contribution in [3.63, 3.8) is 0 Å². The zero-order valence-corrected chi connectivity index (χ0v) is 11.6. The van der Waals surface area contributed by atoms with E-state index in [1.807, 2.05) is 0 Å². The van der Waals surface area contributed by atoms with Crippen LogP contribution in [-0.4, -0.2) is 21.8 Å². The molecule has 0 saturated carbocycles. The predicted octanol–water partition coefficient (Wildman–Crippen LogP) is 1.51. The number of benzene rings is 1. The van der Waals surface area contributed by atoms with E-state index < -0.39 is 11.7 Å². The summed E-state index contributed by atoms with van der Waals surface area (Å²) < 4.78 is 13.6. The van der Waals surface area contributed by atoms with Crippen molar-refractivity contribution in [3.05, 3.63) is 45.9 Å². The van der Waals surface area contributed by atoms with Gasteiger partial charge >= 0.3 is 0 Å². The molecule has 2 aromatic rings. The third-order valence-electron chi connectivity index (χ3n) is 3.02. The molecule has 1 aromatic heterocycles. The highest BCUT2D eigenvalue weighted by atomic mass is 79.9. The van der Waals surface area contributed by atoms with E-state index in [2.05, 4.69) is 36.7 Å². The standard InChI is InChI=1S/C12H9BrFN5O/c13-6-3-5(1-2-7(6)14)9-11(18-19-12(9)20)10-8(15)4-16-17-10/h1-4,9H,15H2,(H,16,17)(H,19,20). The number of anilines is 1. The summed E-state index contributed by atoms with van der Waals surface area (Å²) in [7, 11) is 0. The maximum atomic E-state index is 13.3. The molecule has 8 heteroatoms. The van der Waals surface area contributed by atoms with Gasteiger partial charge in [0.2, 0.25) is 0 Å². The van der Waals surface area contributed by atoms with Crippen LogP contribution in [0.4, 0.5) is 10.1 Å². The molecule has 20 heavy (non-hydrogen) atoms. The average Bonchev–Trinajstić information content (AvgIpc) is 2.99. The Kier molecular flexibility index (Phi) is 3.01. The monoisotopic (exact) mass is 337 g/mol. The van der Waals surface area contributed by atoms with Crippen LogP contribution in [0.2, 0.25) is 0 Å². The smallest absolute Gasteiger partial charge is 0.253 e. The normalized spacial score (nSPS) is 18.0. The van der Waals surface area contributed by atoms with Gasteiger partial charge in [-0.2, -0.15) is 10.2 Å². The molecule has 0 saturated heterocycles. The molecule has 1 aliphatic rings. The van der Waals surface area contributed by atoms with Gasteiger partial charge in [-0.15, -0.1) is 0 Å². The molecule has 1 atom stereocenters. The van der Waals surface area contributed by atoms with E-state index in [1.165, 1.54) is 18.3 Å². The first-order valence-electron chi connectivity index (χ1n) is 5.69. The van der Waals surface area contributed by atoms with Crippen LogP contribution in [0.5, 0.6) is 0 Å². The van der Waals surface area contributed by atoms with Crippen molar-refractivity contribution in [3.8, 4) is 0 Å². The fourth-order valence-electron chi connectivity index (χ4n) is 2.07. The Bertz CT molecular complexity index is 726. The maximum Gasteiger partial charge on any atom is 0.253 e. The first kappa shape index (κ1) is 12.8. The number of carbonyl (C=O) groups is 1. The van der Waals surface area contributed by atoms with Gasteiger partial charge in [-0.1, -0.05) is 6.07 Å². The summed E-state index contributed by atoms with van der Waals surface area (Å²) in [6, 6.07) is 4.38. The zero-order valence-electron chi connectivity index (χ0n) is 10.0. The number of halogens is 2. The fourth-order valence-corrected chi connectivity index (χ4v) is 2.47. The molecule has 102 valence electrons. The molecule has 6 nitrogen and oxygen atoms in total. The number of hydrazone groups is 1. The number of rotatable bonds is 2. The zero-order chi connectivity index (χ0) is 14.3. The Labute approximate surface area is 121 Å². The number of H-pyrrole nitrogens is 1. The van der Waals surface area contributed by atoms with Crippen LogP contribution in [0.3, 0.4) is 0 Å². The van der Waals surface area contributed by atoms with Crippen LogP contribution in [0.1, 0.15) is 17.2 Å². The molecule has 1 aliphatic heterocycles. The van der Waals surface area contributed by atoms with E-state index >= 15 is 0 Å². The molecular formula is C12H9BrFN5O. The van der Waals surface area contributed by atoms with E-state index in [-0.39, 0.29) is 10.4 Å². The van der Waals surface area contributed by atoms with Crippen molar-refractivity contribution in [2.45, 2.75) is 5.92 Å². The largest absolute Gasteiger partial charge is 0.396 e. The summed E-state index contributed by atoms with van der Waals surface area (Å²) in [6.07, 6.45) is 1.44. The van der Waals surface area contributed by atoms with Crippen molar-refractivity contribution in [1.29, 1.82) is 0 Å². The summed E-state index contributed by atoms with van der Waals surface area (Å²) in [4.78, 5) is 12.0. The molecule has 0 aliphatic carbocycles. The highest BCUT2D eigenvalue weighted by Crippen LogP contribution is 2.29. The number of amides is 1. The van der Waals surface area contributed by atoms with E-state index in [9.17, 15) is 9.18 Å². The summed E-state index contributed by atoms with van der Waals surface area (Å²) in [5.74, 6) is -1.35. The second kappa shape index (κ2) is 4.71. The quantitative estimate of drug-likeness (QED) is 0.774. The minimum absolute atomic E-state index is 0.284. The molecule has 0 radical (unpaired) electrons. The minimum Gasteiger partial charge on any atom is -0.396 e. The third-order valence-corrected chi connectivity index (χ3v) is 3.63. The van der Waals surface area contributed by atoms with Gasteiger partial charge in [-0.3, -0.25) is 9.89 Å². The summed E-state index contributed by atoms with van der Waals surface area (Å²) in [6.45, 7) is 0. The Hall–Kier alpha value is -2.22. The van der Waals surface area contributed by atoms with Crippen molar-refractivity contribution in [2.24, 2.45) is 5.10 Å². The van der Waals surface area contributed by atoms with Crippen LogP contribution < -0.4 is 11.2 Å². The number of aromatic amines is 1. The number of carbonyl (C=O) groups excluding carboxylic acids is 1. The van der Waals surface area contributed by atoms with Gasteiger partial charge in [0.15, 0.2) is 0 Å². The van der Waals surface area contributed by atoms with Gasteiger partial charge in [0.05, 0.1) is 16.4 Å². The molecule has 1 aromatic carbocycles. The molecule has 0 spiro atoms. The minimum atomic E-state index is -0.658. The van der Waals surface area contributed by atoms with Gasteiger partial charge in [-0.05, 0) is 33.6 Å². The first-order valence-corrected chi connectivity index (χ1v) is 6.49. The van der Waals surface area contributed by atoms with Crippen molar-refractivity contribution < 1.29 is 9.18 Å². The van der Waals surface area contributed by atoms with Crippen LogP contribution >= 0.6 is 15.9 Å². The number of nitrogens with zero attached hydrogens (tertiary/aromatic N) is 2. The van der Waals surface area contributed by atoms with Gasteiger partial charge in [-0.25, -0.2) is 9.82 Å². The van der Waals surface area contributed by atoms with Crippen LogP contribution in [0.15, 0.2) is 34.0 Å². The summed E-state index contributed by atoms with van der Waals surface area (Å²) in [5.41, 5.74) is 10.1. The molecule has 2 heterocycles. The highest BCUT2D eigenvalue weighted by Gasteiger charge is 2.34. The lowest BCUT2D eigenvalue weighted by Crippen LogP contribution is -2.22. The lowest BCUT2D eigenvalue weighted by molar-refractivity contribution is -0.120. The molecule has 0 fully saturated rings. The fraction of sp³-hybridized carbons (Fsp3) is 0.0833. The topological polar surface area (TPSA) is 96.2 Å². The Morgan fingerprint density at radius 2 is 2.20 bits per heavy atom. The molecule has 3 rings (SSSR count). The summed E-state index contributed by atoms with van der Waals surface area (Å²) in [5, 5.41) is 10.5. The van der Waals surface area contributed by atoms with E-state index in [4.69, 9.17) is 5.73 Å². The molecule has 0 bridgehead atoms. The van der Waals surface area contributed by atoms with Crippen molar-refractivity contribution in [2.75, 3.05) is 5.73 Å². The van der Waals surface area contributed by atoms with Crippen LogP contribution in [-0.2, 0) is 4.79 Å². The highest BCUT2D eigenvalue weighted by molar-refractivity contribution is 9.10. The third kappa shape index (κ3) is 1.97. The van der Waals surface area contributed by atoms with Gasteiger partial charge in [0.1, 0.15) is 23.1 Å². The van der Waals surface area contributed by atoms with Gasteiger partial charge in [0.25, 0.3) is 5.91 Å². The van der Waals surface area contributed by atoms with E-state index in [0.717, 1.165) is 0 Å². The Morgan fingerprint density at radius 1 is 1.40 bits per heavy atom. The van der Waals surface area contributed by atoms with Crippen LogP contribution in [0, 0.1) is 5.82 Å². The Morgan fingerprint density at radius 3 is 2.85 bits per heavy atom. The van der Waals surface area contributed by atoms with E-state index in [1.54, 1.807) is 6.07 Å². The molecular weight excluding hydrogens is 329 g/mol. The number of aromatic nitrogens is 2. The van der Waals surface area contributed by atoms with Crippen LogP contribution in [0.25, 0.3) is 0 Å². The van der Waals surface area contributed by atoms with Crippen molar-refractivity contribution in [1.82, 2.24) is 15.6 Å². The number of hydrogen-bond donors (Lipinski definition) is 3. The SMILES string of the molecule is Nc1cn[nH]c1C1=NNC(=O)C1c1ccc(F)c(Br)c1. The lowest BCUT2D eigenvalue weighted by Gasteiger charge is -2.11. The average molecular weight is 338 g/mol. The second-order valence-corrected chi connectivity index (χ2v) is 5.13. The molecule has 4 N–H and O–H groups in total. The summed E-state index contributed by atoms with van der Waals surface area (Å²) >= 11 is 3.10. The predicted molar refractivity (Wildman–Crippen MR) is 74.5 cm³/mol. The number of nitrogens with two attached hydrogens (primary N) is 1. The molecule has 1 unspecified atom stereocenters. The first-order chi connectivity index (χ1) is 9.58. The maximum absolute atomic E-state index is 13.3. The van der Waals surface area contributed by atoms with Gasteiger partial charge in [0, 0.05) is 0 Å². The van der Waals surface area contributed by atoms with Crippen molar-refractivity contribution >= 4 is 33.2 Å². The van der Waals surface area contributed by atoms with Gasteiger partial charge < -0.3 is 5.73 Å². The number of hydrogen-bond acceptors (Lipinski definition) is 4.